The predicted octanol–water partition coefficient (Wildman–Crippen LogP) is 12.9. The van der Waals surface area contributed by atoms with E-state index < -0.39 is 0 Å². The van der Waals surface area contributed by atoms with E-state index in [1.165, 1.54) is 0 Å². The minimum Gasteiger partial charge on any atom is -0.490 e. The maximum absolute atomic E-state index is 6.62. The smallest absolute Gasteiger partial charge is 0.135 e. The normalized spacial score (nSPS) is 14.4. The number of allylic oxidation sites excluding steroid dienone is 10. The van der Waals surface area contributed by atoms with Crippen molar-refractivity contribution >= 4 is 0 Å². The van der Waals surface area contributed by atoms with Gasteiger partial charge in [0, 0.05) is 24.1 Å². The molecule has 5 aromatic rings. The Balaban J connectivity index is 1.01. The van der Waals surface area contributed by atoms with Gasteiger partial charge in [-0.1, -0.05) is 85.8 Å². The van der Waals surface area contributed by atoms with Crippen LogP contribution in [0.15, 0.2) is 205 Å². The number of hydrogen-bond donors (Lipinski definition) is 0. The maximum atomic E-state index is 6.62. The van der Waals surface area contributed by atoms with E-state index in [9.17, 15) is 0 Å². The van der Waals surface area contributed by atoms with E-state index in [4.69, 9.17) is 28.4 Å². The summed E-state index contributed by atoms with van der Waals surface area (Å²) in [4.78, 5) is 0. The molecule has 6 nitrogen and oxygen atoms in total. The van der Waals surface area contributed by atoms with Gasteiger partial charge in [0.25, 0.3) is 0 Å². The second-order valence-corrected chi connectivity index (χ2v) is 12.8. The summed E-state index contributed by atoms with van der Waals surface area (Å²) in [5, 5.41) is 0. The van der Waals surface area contributed by atoms with Crippen molar-refractivity contribution in [3.05, 3.63) is 205 Å². The maximum Gasteiger partial charge on any atom is 0.135 e. The van der Waals surface area contributed by atoms with Gasteiger partial charge in [0.2, 0.25) is 0 Å². The van der Waals surface area contributed by atoms with Crippen LogP contribution in [0, 0.1) is 0 Å². The van der Waals surface area contributed by atoms with Gasteiger partial charge in [-0.3, -0.25) is 0 Å². The molecule has 6 heteroatoms. The van der Waals surface area contributed by atoms with Crippen LogP contribution in [0.2, 0.25) is 0 Å². The van der Waals surface area contributed by atoms with Crippen LogP contribution in [0.1, 0.15) is 26.7 Å². The van der Waals surface area contributed by atoms with Crippen molar-refractivity contribution in [2.45, 2.75) is 38.9 Å². The fourth-order valence-electron chi connectivity index (χ4n) is 5.96. The molecule has 2 unspecified atom stereocenters. The summed E-state index contributed by atoms with van der Waals surface area (Å²) in [6.07, 6.45) is 17.5. The first kappa shape index (κ1) is 35.7. The first-order valence-corrected chi connectivity index (χ1v) is 18.2. The highest BCUT2D eigenvalue weighted by atomic mass is 16.5. The van der Waals surface area contributed by atoms with Gasteiger partial charge in [0.1, 0.15) is 63.6 Å². The second-order valence-electron chi connectivity index (χ2n) is 12.8. The predicted molar refractivity (Wildman–Crippen MR) is 214 cm³/mol. The van der Waals surface area contributed by atoms with Crippen LogP contribution < -0.4 is 23.7 Å². The minimum absolute atomic E-state index is 0.0733. The van der Waals surface area contributed by atoms with Gasteiger partial charge in [-0.15, -0.1) is 0 Å². The summed E-state index contributed by atoms with van der Waals surface area (Å²) < 4.78 is 37.6. The van der Waals surface area contributed by atoms with Crippen molar-refractivity contribution < 1.29 is 28.4 Å². The summed E-state index contributed by atoms with van der Waals surface area (Å²) in [6, 6.07) is 42.3. The van der Waals surface area contributed by atoms with Crippen LogP contribution in [0.3, 0.4) is 0 Å². The number of hydrogen-bond acceptors (Lipinski definition) is 6. The molecule has 270 valence electrons. The standard InChI is InChI=1S/C48H42O6/c1-3-37(31-35(2)49-42-22-13-23-43(32-42)52-39-19-8-5-9-20-39)50-46-21-12-16-36-15-10-11-26-48(47(36)34-46)54-45-25-14-24-44(33-45)53-41-29-27-40(28-30-41)51-38-17-6-4-7-18-38/h4-30,32-35,37H,3,31H2,1-2H3. The van der Waals surface area contributed by atoms with E-state index in [1.54, 1.807) is 0 Å². The quantitative estimate of drug-likeness (QED) is 0.108. The lowest BCUT2D eigenvalue weighted by Gasteiger charge is -2.23. The zero-order valence-electron chi connectivity index (χ0n) is 30.3. The van der Waals surface area contributed by atoms with E-state index in [-0.39, 0.29) is 12.2 Å². The fraction of sp³-hybridized carbons (Fsp3) is 0.125. The van der Waals surface area contributed by atoms with Gasteiger partial charge in [-0.25, -0.2) is 0 Å². The van der Waals surface area contributed by atoms with E-state index in [0.29, 0.717) is 29.4 Å². The molecule has 2 atom stereocenters. The van der Waals surface area contributed by atoms with Crippen LogP contribution >= 0.6 is 0 Å². The molecule has 5 aromatic carbocycles. The largest absolute Gasteiger partial charge is 0.490 e. The number of para-hydroxylation sites is 2. The molecule has 54 heavy (non-hydrogen) atoms. The topological polar surface area (TPSA) is 55.4 Å². The van der Waals surface area contributed by atoms with Gasteiger partial charge < -0.3 is 28.4 Å². The molecule has 0 saturated heterocycles. The molecule has 0 N–H and O–H groups in total. The molecule has 0 aliphatic heterocycles. The van der Waals surface area contributed by atoms with E-state index >= 15 is 0 Å². The van der Waals surface area contributed by atoms with Crippen molar-refractivity contribution in [2.75, 3.05) is 0 Å². The number of rotatable bonds is 15. The Morgan fingerprint density at radius 1 is 0.481 bits per heavy atom. The highest BCUT2D eigenvalue weighted by Gasteiger charge is 2.19. The van der Waals surface area contributed by atoms with Crippen molar-refractivity contribution in [3.8, 4) is 46.0 Å². The van der Waals surface area contributed by atoms with Crippen LogP contribution in [-0.2, 0) is 4.74 Å². The average molecular weight is 715 g/mol. The summed E-state index contributed by atoms with van der Waals surface area (Å²) >= 11 is 0. The molecule has 0 bridgehead atoms. The Hall–Kier alpha value is -6.66. The summed E-state index contributed by atoms with van der Waals surface area (Å²) in [6.45, 7) is 4.19. The molecule has 7 rings (SSSR count). The third-order valence-electron chi connectivity index (χ3n) is 8.58. The molecule has 0 spiro atoms. The molecule has 0 heterocycles. The molecule has 0 radical (unpaired) electrons. The number of ether oxygens (including phenoxy) is 6. The monoisotopic (exact) mass is 714 g/mol. The Labute approximate surface area is 317 Å². The van der Waals surface area contributed by atoms with E-state index in [0.717, 1.165) is 52.1 Å². The molecular weight excluding hydrogens is 673 g/mol. The van der Waals surface area contributed by atoms with Gasteiger partial charge in [-0.2, -0.15) is 0 Å². The molecule has 0 amide bonds. The molecule has 0 saturated carbocycles. The third-order valence-corrected chi connectivity index (χ3v) is 8.58. The summed E-state index contributed by atoms with van der Waals surface area (Å²) in [5.41, 5.74) is 1.92. The lowest BCUT2D eigenvalue weighted by molar-refractivity contribution is 0.0722. The lowest BCUT2D eigenvalue weighted by Crippen LogP contribution is -2.22. The average Bonchev–Trinajstić information content (AvgIpc) is 3.50. The summed E-state index contributed by atoms with van der Waals surface area (Å²) in [5.74, 6) is 7.19. The Bertz CT molecular complexity index is 2190. The molecule has 0 aromatic heterocycles. The van der Waals surface area contributed by atoms with Crippen molar-refractivity contribution in [1.29, 1.82) is 0 Å². The fourth-order valence-corrected chi connectivity index (χ4v) is 5.96. The summed E-state index contributed by atoms with van der Waals surface area (Å²) in [7, 11) is 0. The zero-order valence-corrected chi connectivity index (χ0v) is 30.3. The van der Waals surface area contributed by atoms with Gasteiger partial charge in [-0.05, 0) is 110 Å². The SMILES string of the molecule is CCC(CC(C)Oc1cccc(Oc2ccccc2)c1)OC1=CC2=C(Oc3cccc(Oc4ccc(Oc5ccccc5)cc4)c3)C=CC=CC2=CC=C1. The van der Waals surface area contributed by atoms with Crippen molar-refractivity contribution in [1.82, 2.24) is 0 Å². The molecular formula is C48H42O6. The van der Waals surface area contributed by atoms with Crippen LogP contribution in [-0.4, -0.2) is 12.2 Å². The Kier molecular flexibility index (Phi) is 11.7. The van der Waals surface area contributed by atoms with Gasteiger partial charge in [0.15, 0.2) is 0 Å². The Morgan fingerprint density at radius 2 is 1.00 bits per heavy atom. The van der Waals surface area contributed by atoms with Crippen LogP contribution in [0.5, 0.6) is 46.0 Å². The highest BCUT2D eigenvalue weighted by molar-refractivity contribution is 5.58. The number of fused-ring (bicyclic) bond motifs is 1. The first-order valence-electron chi connectivity index (χ1n) is 18.2. The molecule has 0 fully saturated rings. The van der Waals surface area contributed by atoms with Gasteiger partial charge in [0.05, 0.1) is 6.10 Å². The van der Waals surface area contributed by atoms with E-state index in [2.05, 4.69) is 26.0 Å². The van der Waals surface area contributed by atoms with Gasteiger partial charge >= 0.3 is 0 Å². The second kappa shape index (κ2) is 17.7. The van der Waals surface area contributed by atoms with Crippen LogP contribution in [0.25, 0.3) is 0 Å². The minimum atomic E-state index is -0.0946. The third kappa shape index (κ3) is 10.0. The number of benzene rings is 5. The zero-order chi connectivity index (χ0) is 37.0. The van der Waals surface area contributed by atoms with Crippen molar-refractivity contribution in [2.24, 2.45) is 0 Å². The molecule has 2 aliphatic carbocycles. The van der Waals surface area contributed by atoms with Crippen molar-refractivity contribution in [3.63, 3.8) is 0 Å². The van der Waals surface area contributed by atoms with E-state index in [1.807, 2.05) is 170 Å². The first-order chi connectivity index (χ1) is 26.6. The Morgan fingerprint density at radius 3 is 1.63 bits per heavy atom. The lowest BCUT2D eigenvalue weighted by atomic mass is 10.0. The highest BCUT2D eigenvalue weighted by Crippen LogP contribution is 2.33. The van der Waals surface area contributed by atoms with Crippen LogP contribution in [0.4, 0.5) is 0 Å². The molecule has 2 aliphatic rings.